The first kappa shape index (κ1) is 27.6. The number of carbonyl (C=O) groups is 2. The van der Waals surface area contributed by atoms with Gasteiger partial charge in [0, 0.05) is 30.6 Å². The monoisotopic (exact) mass is 487 g/mol. The van der Waals surface area contributed by atoms with Crippen molar-refractivity contribution in [2.24, 2.45) is 0 Å². The van der Waals surface area contributed by atoms with Gasteiger partial charge in [-0.15, -0.1) is 0 Å². The summed E-state index contributed by atoms with van der Waals surface area (Å²) >= 11 is 0. The molecule has 0 aliphatic carbocycles. The molecule has 1 unspecified atom stereocenters. The van der Waals surface area contributed by atoms with E-state index in [1.54, 1.807) is 42.2 Å². The molecule has 35 heavy (non-hydrogen) atoms. The zero-order chi connectivity index (χ0) is 25.8. The molecule has 1 aromatic carbocycles. The molecule has 3 rings (SSSR count). The number of aromatic nitrogens is 3. The average Bonchev–Trinajstić information content (AvgIpc) is 3.28. The molecule has 3 aromatic rings. The van der Waals surface area contributed by atoms with Gasteiger partial charge in [-0.05, 0) is 50.1 Å². The highest BCUT2D eigenvalue weighted by Crippen LogP contribution is 2.22. The number of hydrogen-bond acceptors (Lipinski definition) is 6. The number of esters is 1. The molecule has 0 saturated heterocycles. The van der Waals surface area contributed by atoms with E-state index in [1.807, 2.05) is 20.8 Å². The van der Waals surface area contributed by atoms with Crippen LogP contribution < -0.4 is 10.6 Å². The molecule has 1 amide bonds. The molecular weight excluding hydrogens is 456 g/mol. The maximum absolute atomic E-state index is 13.7. The molecule has 8 nitrogen and oxygen atoms in total. The van der Waals surface area contributed by atoms with Crippen molar-refractivity contribution in [3.8, 4) is 11.3 Å². The number of rotatable bonds is 10. The Kier molecular flexibility index (Phi) is 11.0. The third kappa shape index (κ3) is 7.96. The van der Waals surface area contributed by atoms with Gasteiger partial charge in [0.25, 0.3) is 0 Å². The summed E-state index contributed by atoms with van der Waals surface area (Å²) in [5.41, 5.74) is 1.89. The first-order chi connectivity index (χ1) is 16.9. The lowest BCUT2D eigenvalue weighted by atomic mass is 10.0. The zero-order valence-electron chi connectivity index (χ0n) is 20.3. The van der Waals surface area contributed by atoms with Crippen LogP contribution in [-0.4, -0.2) is 45.8 Å². The summed E-state index contributed by atoms with van der Waals surface area (Å²) in [7, 11) is 0. The van der Waals surface area contributed by atoms with Crippen LogP contribution in [0.25, 0.3) is 11.3 Å². The van der Waals surface area contributed by atoms with Crippen molar-refractivity contribution < 1.29 is 23.1 Å². The smallest absolute Gasteiger partial charge is 0.319 e. The van der Waals surface area contributed by atoms with Gasteiger partial charge in [-0.3, -0.25) is 19.9 Å². The Hall–Kier alpha value is -3.66. The van der Waals surface area contributed by atoms with E-state index in [4.69, 9.17) is 4.74 Å². The minimum atomic E-state index is -1.01. The first-order valence-electron chi connectivity index (χ1n) is 11.5. The lowest BCUT2D eigenvalue weighted by Crippen LogP contribution is -2.45. The van der Waals surface area contributed by atoms with Gasteiger partial charge in [-0.1, -0.05) is 19.9 Å². The Morgan fingerprint density at radius 1 is 1.06 bits per heavy atom. The second-order valence-electron chi connectivity index (χ2n) is 7.15. The number of benzene rings is 1. The standard InChI is InChI=1S/C23H25F2N5O3.C2H6/c1-3-30-21(13-19(29-30)16-7-9-26-10-8-16)28-23(32)20(27-14-22(31)33-4-2)12-15-5-6-17(24)18(25)11-15;1-2/h5-11,13,20,27H,3-4,12,14H2,1-2H3,(H,28,32);1-2H3. The van der Waals surface area contributed by atoms with E-state index in [0.717, 1.165) is 17.7 Å². The topological polar surface area (TPSA) is 98.1 Å². The van der Waals surface area contributed by atoms with E-state index >= 15 is 0 Å². The Labute approximate surface area is 203 Å². The van der Waals surface area contributed by atoms with Gasteiger partial charge in [-0.25, -0.2) is 13.5 Å². The quantitative estimate of drug-likeness (QED) is 0.420. The number of aryl methyl sites for hydroxylation is 1. The van der Waals surface area contributed by atoms with Gasteiger partial charge in [0.1, 0.15) is 5.82 Å². The van der Waals surface area contributed by atoms with Crippen molar-refractivity contribution in [2.45, 2.75) is 46.7 Å². The molecule has 2 N–H and O–H groups in total. The Morgan fingerprint density at radius 3 is 2.40 bits per heavy atom. The van der Waals surface area contributed by atoms with Crippen LogP contribution in [0.3, 0.4) is 0 Å². The number of anilines is 1. The summed E-state index contributed by atoms with van der Waals surface area (Å²) in [6, 6.07) is 7.85. The van der Waals surface area contributed by atoms with E-state index in [9.17, 15) is 18.4 Å². The van der Waals surface area contributed by atoms with Crippen LogP contribution in [0, 0.1) is 11.6 Å². The van der Waals surface area contributed by atoms with Crippen LogP contribution in [0.5, 0.6) is 0 Å². The minimum absolute atomic E-state index is 0.0277. The largest absolute Gasteiger partial charge is 0.465 e. The maximum atomic E-state index is 13.7. The molecule has 188 valence electrons. The predicted octanol–water partition coefficient (Wildman–Crippen LogP) is 3.97. The highest BCUT2D eigenvalue weighted by molar-refractivity contribution is 5.95. The van der Waals surface area contributed by atoms with Crippen LogP contribution in [0.1, 0.15) is 33.3 Å². The summed E-state index contributed by atoms with van der Waals surface area (Å²) in [5, 5.41) is 10.2. The molecular formula is C25H31F2N5O3. The Balaban J connectivity index is 0.00000210. The number of nitrogens with zero attached hydrogens (tertiary/aromatic N) is 3. The fourth-order valence-corrected chi connectivity index (χ4v) is 3.21. The molecule has 1 atom stereocenters. The molecule has 0 saturated carbocycles. The van der Waals surface area contributed by atoms with Gasteiger partial charge in [0.15, 0.2) is 11.6 Å². The second-order valence-corrected chi connectivity index (χ2v) is 7.15. The van der Waals surface area contributed by atoms with E-state index in [0.29, 0.717) is 23.6 Å². The lowest BCUT2D eigenvalue weighted by Gasteiger charge is -2.18. The number of pyridine rings is 1. The van der Waals surface area contributed by atoms with Gasteiger partial charge in [-0.2, -0.15) is 5.10 Å². The van der Waals surface area contributed by atoms with Crippen molar-refractivity contribution in [3.63, 3.8) is 0 Å². The number of hydrogen-bond donors (Lipinski definition) is 2. The normalized spacial score (nSPS) is 11.3. The van der Waals surface area contributed by atoms with Crippen LogP contribution in [0.4, 0.5) is 14.6 Å². The van der Waals surface area contributed by atoms with Crippen LogP contribution >= 0.6 is 0 Å². The highest BCUT2D eigenvalue weighted by atomic mass is 19.2. The van der Waals surface area contributed by atoms with Gasteiger partial charge in [0.2, 0.25) is 5.91 Å². The van der Waals surface area contributed by atoms with Crippen LogP contribution in [0.15, 0.2) is 48.8 Å². The highest BCUT2D eigenvalue weighted by Gasteiger charge is 2.22. The summed E-state index contributed by atoms with van der Waals surface area (Å²) in [6.07, 6.45) is 3.32. The second kappa shape index (κ2) is 13.9. The molecule has 0 fully saturated rings. The predicted molar refractivity (Wildman–Crippen MR) is 130 cm³/mol. The first-order valence-corrected chi connectivity index (χ1v) is 11.5. The van der Waals surface area contributed by atoms with E-state index in [2.05, 4.69) is 20.7 Å². The average molecular weight is 488 g/mol. The van der Waals surface area contributed by atoms with Crippen LogP contribution in [-0.2, 0) is 27.3 Å². The van der Waals surface area contributed by atoms with Gasteiger partial charge < -0.3 is 10.1 Å². The minimum Gasteiger partial charge on any atom is -0.465 e. The summed E-state index contributed by atoms with van der Waals surface area (Å²) < 4.78 is 33.5. The van der Waals surface area contributed by atoms with E-state index in [-0.39, 0.29) is 19.6 Å². The molecule has 0 spiro atoms. The summed E-state index contributed by atoms with van der Waals surface area (Å²) in [4.78, 5) is 28.9. The lowest BCUT2D eigenvalue weighted by molar-refractivity contribution is -0.142. The van der Waals surface area contributed by atoms with Gasteiger partial charge in [0.05, 0.1) is 24.9 Å². The fraction of sp³-hybridized carbons (Fsp3) is 0.360. The Morgan fingerprint density at radius 2 is 1.77 bits per heavy atom. The van der Waals surface area contributed by atoms with Crippen molar-refractivity contribution in [3.05, 3.63) is 66.0 Å². The van der Waals surface area contributed by atoms with Crippen molar-refractivity contribution >= 4 is 17.7 Å². The third-order valence-corrected chi connectivity index (χ3v) is 4.85. The molecule has 2 heterocycles. The summed E-state index contributed by atoms with van der Waals surface area (Å²) in [6.45, 7) is 8.05. The molecule has 2 aromatic heterocycles. The van der Waals surface area contributed by atoms with E-state index < -0.39 is 29.6 Å². The third-order valence-electron chi connectivity index (χ3n) is 4.85. The SMILES string of the molecule is CC.CCOC(=O)CNC(Cc1ccc(F)c(F)c1)C(=O)Nc1cc(-c2ccncc2)nn1CC. The van der Waals surface area contributed by atoms with Crippen molar-refractivity contribution in [1.29, 1.82) is 0 Å². The maximum Gasteiger partial charge on any atom is 0.319 e. The molecule has 10 heteroatoms. The zero-order valence-corrected chi connectivity index (χ0v) is 20.3. The number of carbonyl (C=O) groups excluding carboxylic acids is 2. The number of amides is 1. The number of halogens is 2. The summed E-state index contributed by atoms with van der Waals surface area (Å²) in [5.74, 6) is -2.51. The number of nitrogens with one attached hydrogen (secondary N) is 2. The molecule has 0 aliphatic heterocycles. The van der Waals surface area contributed by atoms with Crippen LogP contribution in [0.2, 0.25) is 0 Å². The number of ether oxygens (including phenoxy) is 1. The fourth-order valence-electron chi connectivity index (χ4n) is 3.21. The van der Waals surface area contributed by atoms with E-state index in [1.165, 1.54) is 6.07 Å². The Bertz CT molecular complexity index is 1110. The van der Waals surface area contributed by atoms with Crippen molar-refractivity contribution in [2.75, 3.05) is 18.5 Å². The molecule has 0 bridgehead atoms. The van der Waals surface area contributed by atoms with Crippen molar-refractivity contribution in [1.82, 2.24) is 20.1 Å². The van der Waals surface area contributed by atoms with Gasteiger partial charge >= 0.3 is 5.97 Å². The molecule has 0 radical (unpaired) electrons. The molecule has 0 aliphatic rings.